The summed E-state index contributed by atoms with van der Waals surface area (Å²) in [4.78, 5) is 26.8. The fourth-order valence-corrected chi connectivity index (χ4v) is 3.12. The second kappa shape index (κ2) is 9.59. The fraction of sp³-hybridized carbons (Fsp3) is 0.417. The number of benzene rings is 2. The quantitative estimate of drug-likeness (QED) is 0.774. The van der Waals surface area contributed by atoms with E-state index in [4.69, 9.17) is 4.74 Å². The SMILES string of the molecule is CNC(=O)[C@H](C)N(Cc1ccc(C)cc1)C(=O)COc1ccccc1C(C)(C)C. The molecule has 0 heterocycles. The Balaban J connectivity index is 2.19. The van der Waals surface area contributed by atoms with Crippen LogP contribution in [0.2, 0.25) is 0 Å². The minimum atomic E-state index is -0.602. The number of ether oxygens (including phenoxy) is 1. The van der Waals surface area contributed by atoms with Gasteiger partial charge in [-0.05, 0) is 36.5 Å². The van der Waals surface area contributed by atoms with Crippen molar-refractivity contribution in [3.63, 3.8) is 0 Å². The van der Waals surface area contributed by atoms with Crippen LogP contribution >= 0.6 is 0 Å². The van der Waals surface area contributed by atoms with E-state index < -0.39 is 6.04 Å². The smallest absolute Gasteiger partial charge is 0.261 e. The molecule has 2 amide bonds. The van der Waals surface area contributed by atoms with Crippen molar-refractivity contribution >= 4 is 11.8 Å². The summed E-state index contributed by atoms with van der Waals surface area (Å²) in [6.45, 7) is 10.3. The van der Waals surface area contributed by atoms with Crippen molar-refractivity contribution in [1.82, 2.24) is 10.2 Å². The molecule has 0 unspecified atom stereocenters. The van der Waals surface area contributed by atoms with Gasteiger partial charge in [-0.3, -0.25) is 9.59 Å². The molecule has 0 fully saturated rings. The highest BCUT2D eigenvalue weighted by molar-refractivity contribution is 5.87. The number of rotatable bonds is 7. The Hall–Kier alpha value is -2.82. The second-order valence-corrected chi connectivity index (χ2v) is 8.33. The number of hydrogen-bond donors (Lipinski definition) is 1. The summed E-state index contributed by atoms with van der Waals surface area (Å²) in [5.41, 5.74) is 3.05. The molecule has 2 aromatic carbocycles. The third kappa shape index (κ3) is 6.08. The standard InChI is InChI=1S/C24H32N2O3/c1-17-11-13-19(14-12-17)15-26(18(2)23(28)25-6)22(27)16-29-21-10-8-7-9-20(21)24(3,4)5/h7-14,18H,15-16H2,1-6H3,(H,25,28)/t18-/m0/s1. The maximum atomic E-state index is 13.0. The number of aryl methyl sites for hydroxylation is 1. The molecule has 0 aromatic heterocycles. The van der Waals surface area contributed by atoms with Crippen LogP contribution in [0.5, 0.6) is 5.75 Å². The number of carbonyl (C=O) groups is 2. The van der Waals surface area contributed by atoms with E-state index in [0.717, 1.165) is 16.7 Å². The Morgan fingerprint density at radius 1 is 1.07 bits per heavy atom. The van der Waals surface area contributed by atoms with Crippen LogP contribution in [0, 0.1) is 6.92 Å². The first-order valence-corrected chi connectivity index (χ1v) is 9.92. The van der Waals surface area contributed by atoms with Gasteiger partial charge in [0, 0.05) is 13.6 Å². The summed E-state index contributed by atoms with van der Waals surface area (Å²) in [5, 5.41) is 2.62. The number of amides is 2. The molecule has 0 radical (unpaired) electrons. The van der Waals surface area contributed by atoms with Gasteiger partial charge in [0.05, 0.1) is 0 Å². The minimum Gasteiger partial charge on any atom is -0.483 e. The topological polar surface area (TPSA) is 58.6 Å². The van der Waals surface area contributed by atoms with Crippen LogP contribution in [0.25, 0.3) is 0 Å². The molecule has 5 nitrogen and oxygen atoms in total. The van der Waals surface area contributed by atoms with Crippen LogP contribution in [0.1, 0.15) is 44.4 Å². The van der Waals surface area contributed by atoms with E-state index >= 15 is 0 Å². The molecular weight excluding hydrogens is 364 g/mol. The van der Waals surface area contributed by atoms with Gasteiger partial charge in [-0.2, -0.15) is 0 Å². The van der Waals surface area contributed by atoms with Crippen LogP contribution in [-0.4, -0.2) is 36.4 Å². The van der Waals surface area contributed by atoms with Gasteiger partial charge in [0.15, 0.2) is 6.61 Å². The first-order chi connectivity index (χ1) is 13.6. The summed E-state index contributed by atoms with van der Waals surface area (Å²) >= 11 is 0. The lowest BCUT2D eigenvalue weighted by Crippen LogP contribution is -2.48. The minimum absolute atomic E-state index is 0.101. The van der Waals surface area contributed by atoms with Crippen molar-refractivity contribution in [3.8, 4) is 5.75 Å². The second-order valence-electron chi connectivity index (χ2n) is 8.33. The average Bonchev–Trinajstić information content (AvgIpc) is 2.70. The van der Waals surface area contributed by atoms with E-state index in [2.05, 4.69) is 26.1 Å². The number of hydrogen-bond acceptors (Lipinski definition) is 3. The molecule has 0 saturated carbocycles. The Bertz CT molecular complexity index is 838. The summed E-state index contributed by atoms with van der Waals surface area (Å²) in [5.74, 6) is 0.252. The third-order valence-corrected chi connectivity index (χ3v) is 4.93. The molecule has 0 aliphatic rings. The van der Waals surface area contributed by atoms with Crippen molar-refractivity contribution in [2.24, 2.45) is 0 Å². The van der Waals surface area contributed by atoms with E-state index in [1.807, 2.05) is 55.5 Å². The Morgan fingerprint density at radius 2 is 1.69 bits per heavy atom. The molecule has 0 bridgehead atoms. The highest BCUT2D eigenvalue weighted by Crippen LogP contribution is 2.31. The molecule has 1 atom stereocenters. The molecule has 2 rings (SSSR count). The van der Waals surface area contributed by atoms with Crippen LogP contribution in [0.4, 0.5) is 0 Å². The third-order valence-electron chi connectivity index (χ3n) is 4.93. The van der Waals surface area contributed by atoms with Gasteiger partial charge in [-0.15, -0.1) is 0 Å². The molecule has 156 valence electrons. The summed E-state index contributed by atoms with van der Waals surface area (Å²) < 4.78 is 5.90. The van der Waals surface area contributed by atoms with E-state index in [-0.39, 0.29) is 23.8 Å². The molecule has 0 aliphatic heterocycles. The Labute approximate surface area is 174 Å². The first kappa shape index (κ1) is 22.5. The molecule has 0 saturated heterocycles. The van der Waals surface area contributed by atoms with Crippen LogP contribution < -0.4 is 10.1 Å². The van der Waals surface area contributed by atoms with Gasteiger partial charge >= 0.3 is 0 Å². The van der Waals surface area contributed by atoms with Gasteiger partial charge in [-0.1, -0.05) is 68.8 Å². The zero-order valence-electron chi connectivity index (χ0n) is 18.3. The van der Waals surface area contributed by atoms with Crippen molar-refractivity contribution in [1.29, 1.82) is 0 Å². The van der Waals surface area contributed by atoms with Crippen LogP contribution in [-0.2, 0) is 21.5 Å². The monoisotopic (exact) mass is 396 g/mol. The molecule has 1 N–H and O–H groups in total. The number of likely N-dealkylation sites (N-methyl/N-ethyl adjacent to an activating group) is 1. The zero-order valence-corrected chi connectivity index (χ0v) is 18.3. The maximum absolute atomic E-state index is 13.0. The largest absolute Gasteiger partial charge is 0.483 e. The Morgan fingerprint density at radius 3 is 2.28 bits per heavy atom. The predicted octanol–water partition coefficient (Wildman–Crippen LogP) is 3.83. The maximum Gasteiger partial charge on any atom is 0.261 e. The van der Waals surface area contributed by atoms with E-state index in [9.17, 15) is 9.59 Å². The number of carbonyl (C=O) groups excluding carboxylic acids is 2. The lowest BCUT2D eigenvalue weighted by atomic mass is 9.86. The molecule has 5 heteroatoms. The van der Waals surface area contributed by atoms with E-state index in [1.54, 1.807) is 18.9 Å². The Kier molecular flexibility index (Phi) is 7.43. The highest BCUT2D eigenvalue weighted by Gasteiger charge is 2.26. The lowest BCUT2D eigenvalue weighted by molar-refractivity contribution is -0.142. The van der Waals surface area contributed by atoms with E-state index in [1.165, 1.54) is 0 Å². The molecule has 2 aromatic rings. The van der Waals surface area contributed by atoms with Crippen molar-refractivity contribution in [2.75, 3.05) is 13.7 Å². The summed E-state index contributed by atoms with van der Waals surface area (Å²) in [6.07, 6.45) is 0. The van der Waals surface area contributed by atoms with Crippen LogP contribution in [0.3, 0.4) is 0 Å². The predicted molar refractivity (Wildman–Crippen MR) is 116 cm³/mol. The molecule has 0 spiro atoms. The normalized spacial score (nSPS) is 12.2. The van der Waals surface area contributed by atoms with Crippen molar-refractivity contribution in [3.05, 3.63) is 65.2 Å². The van der Waals surface area contributed by atoms with E-state index in [0.29, 0.717) is 12.3 Å². The fourth-order valence-electron chi connectivity index (χ4n) is 3.12. The highest BCUT2D eigenvalue weighted by atomic mass is 16.5. The average molecular weight is 397 g/mol. The zero-order chi connectivity index (χ0) is 21.6. The van der Waals surface area contributed by atoms with Gasteiger partial charge in [0.25, 0.3) is 5.91 Å². The molecule has 29 heavy (non-hydrogen) atoms. The van der Waals surface area contributed by atoms with Gasteiger partial charge in [0.2, 0.25) is 5.91 Å². The molecule has 0 aliphatic carbocycles. The summed E-state index contributed by atoms with van der Waals surface area (Å²) in [7, 11) is 1.57. The lowest BCUT2D eigenvalue weighted by Gasteiger charge is -2.29. The van der Waals surface area contributed by atoms with Gasteiger partial charge in [0.1, 0.15) is 11.8 Å². The molecular formula is C24H32N2O3. The summed E-state index contributed by atoms with van der Waals surface area (Å²) in [6, 6.07) is 15.1. The number of nitrogens with zero attached hydrogens (tertiary/aromatic N) is 1. The van der Waals surface area contributed by atoms with Crippen LogP contribution in [0.15, 0.2) is 48.5 Å². The first-order valence-electron chi connectivity index (χ1n) is 9.92. The number of para-hydroxylation sites is 1. The van der Waals surface area contributed by atoms with Crippen molar-refractivity contribution in [2.45, 2.75) is 52.6 Å². The van der Waals surface area contributed by atoms with Gasteiger partial charge in [-0.25, -0.2) is 0 Å². The number of nitrogens with one attached hydrogen (secondary N) is 1. The van der Waals surface area contributed by atoms with Crippen molar-refractivity contribution < 1.29 is 14.3 Å². The van der Waals surface area contributed by atoms with Gasteiger partial charge < -0.3 is 15.0 Å².